The van der Waals surface area contributed by atoms with Gasteiger partial charge in [0, 0.05) is 24.5 Å². The number of hydrogen-bond acceptors (Lipinski definition) is 19. The second kappa shape index (κ2) is 35.1. The number of halogens is 6. The predicted octanol–water partition coefficient (Wildman–Crippen LogP) is 2.13. The largest absolute Gasteiger partial charge is 0.477 e. The summed E-state index contributed by atoms with van der Waals surface area (Å²) in [6.07, 6.45) is -6.72. The van der Waals surface area contributed by atoms with Crippen LogP contribution in [0.25, 0.3) is 0 Å². The van der Waals surface area contributed by atoms with E-state index in [1.165, 1.54) is 0 Å². The van der Waals surface area contributed by atoms with E-state index in [9.17, 15) is 61.6 Å². The zero-order chi connectivity index (χ0) is 58.6. The molecule has 0 saturated carbocycles. The lowest BCUT2D eigenvalue weighted by atomic mass is 9.88. The Morgan fingerprint density at radius 2 is 1.28 bits per heavy atom. The second-order valence-corrected chi connectivity index (χ2v) is 18.0. The minimum absolute atomic E-state index is 0.0114. The number of urea groups is 1. The average molecular weight is 1180 g/mol. The summed E-state index contributed by atoms with van der Waals surface area (Å²) in [5.41, 5.74) is 1.79. The topological polar surface area (TPSA) is 308 Å². The molecule has 24 nitrogen and oxygen atoms in total. The Hall–Kier alpha value is -6.06. The van der Waals surface area contributed by atoms with E-state index in [0.29, 0.717) is 41.6 Å². The lowest BCUT2D eigenvalue weighted by Gasteiger charge is -2.46. The quantitative estimate of drug-likeness (QED) is 0.00844. The summed E-state index contributed by atoms with van der Waals surface area (Å²) in [6, 6.07) is 12.7. The van der Waals surface area contributed by atoms with Gasteiger partial charge in [0.1, 0.15) is 17.9 Å². The molecule has 81 heavy (non-hydrogen) atoms. The summed E-state index contributed by atoms with van der Waals surface area (Å²) in [7, 11) is 0. The van der Waals surface area contributed by atoms with Gasteiger partial charge in [-0.3, -0.25) is 9.59 Å². The number of aliphatic carboxylic acids is 1. The van der Waals surface area contributed by atoms with Crippen LogP contribution >= 0.6 is 11.6 Å². The molecule has 7 N–H and O–H groups in total. The maximum atomic E-state index is 13.6. The van der Waals surface area contributed by atoms with Crippen LogP contribution in [0, 0.1) is 29.1 Å². The van der Waals surface area contributed by atoms with E-state index in [0.717, 1.165) is 0 Å². The van der Waals surface area contributed by atoms with Gasteiger partial charge in [-0.05, 0) is 23.3 Å². The first kappa shape index (κ1) is 65.7. The summed E-state index contributed by atoms with van der Waals surface area (Å²) in [6.45, 7) is 1.98. The van der Waals surface area contributed by atoms with Crippen LogP contribution < -0.4 is 20.7 Å². The van der Waals surface area contributed by atoms with Crippen molar-refractivity contribution in [2.45, 2.75) is 75.3 Å². The third-order valence-corrected chi connectivity index (χ3v) is 11.8. The fraction of sp³-hybridized carbons (Fsp3) is 0.529. The highest BCUT2D eigenvalue weighted by molar-refractivity contribution is 6.30. The number of ether oxygens (including phenoxy) is 10. The molecule has 3 amide bonds. The molecule has 4 aromatic rings. The molecule has 1 aliphatic heterocycles. The van der Waals surface area contributed by atoms with Crippen molar-refractivity contribution in [1.82, 2.24) is 30.9 Å². The fourth-order valence-electron chi connectivity index (χ4n) is 7.38. The van der Waals surface area contributed by atoms with Crippen molar-refractivity contribution in [3.05, 3.63) is 112 Å². The van der Waals surface area contributed by atoms with Crippen molar-refractivity contribution in [1.29, 1.82) is 0 Å². The van der Waals surface area contributed by atoms with E-state index < -0.39 is 114 Å². The number of carboxylic acids is 1. The minimum Gasteiger partial charge on any atom is -0.477 e. The first-order valence-electron chi connectivity index (χ1n) is 25.3. The highest BCUT2D eigenvalue weighted by Crippen LogP contribution is 2.35. The van der Waals surface area contributed by atoms with Gasteiger partial charge in [-0.1, -0.05) is 59.3 Å². The van der Waals surface area contributed by atoms with E-state index in [-0.39, 0.29) is 98.9 Å². The molecule has 0 spiro atoms. The van der Waals surface area contributed by atoms with Gasteiger partial charge in [0.15, 0.2) is 0 Å². The molecule has 0 aliphatic carbocycles. The molecule has 1 saturated heterocycles. The van der Waals surface area contributed by atoms with Gasteiger partial charge in [-0.25, -0.2) is 27.4 Å². The Balaban J connectivity index is 0.871. The molecule has 0 unspecified atom stereocenters. The van der Waals surface area contributed by atoms with E-state index in [4.69, 9.17) is 54.2 Å². The number of aliphatic hydroxyl groups excluding tert-OH is 3. The van der Waals surface area contributed by atoms with Gasteiger partial charge in [-0.2, -0.15) is 8.78 Å². The van der Waals surface area contributed by atoms with Crippen molar-refractivity contribution < 1.29 is 109 Å². The van der Waals surface area contributed by atoms with Crippen LogP contribution in [0.15, 0.2) is 60.8 Å². The number of hydrogen-bond donors (Lipinski definition) is 7. The van der Waals surface area contributed by atoms with Gasteiger partial charge in [-0.15, -0.1) is 5.10 Å². The molecule has 5 rings (SSSR count). The third kappa shape index (κ3) is 22.3. The molecule has 2 heterocycles. The Labute approximate surface area is 465 Å². The summed E-state index contributed by atoms with van der Waals surface area (Å²) in [5.74, 6) is -19.0. The molecule has 448 valence electrons. The molecule has 0 bridgehead atoms. The molecular weight excluding hydrogens is 1120 g/mol. The maximum absolute atomic E-state index is 13.6. The number of rotatable bonds is 38. The van der Waals surface area contributed by atoms with Crippen LogP contribution in [0.3, 0.4) is 0 Å². The molecule has 1 fully saturated rings. The molecule has 30 heteroatoms. The lowest BCUT2D eigenvalue weighted by molar-refractivity contribution is -0.313. The highest BCUT2D eigenvalue weighted by atomic mass is 35.5. The predicted molar refractivity (Wildman–Crippen MR) is 269 cm³/mol. The van der Waals surface area contributed by atoms with Crippen molar-refractivity contribution in [2.24, 2.45) is 0 Å². The molecule has 3 aromatic carbocycles. The number of aromatic nitrogens is 3. The number of esters is 1. The minimum atomic E-state index is -2.51. The normalized spacial score (nSPS) is 17.8. The van der Waals surface area contributed by atoms with Crippen LogP contribution in [0.5, 0.6) is 5.75 Å². The summed E-state index contributed by atoms with van der Waals surface area (Å²) >= 11 is 5.92. The van der Waals surface area contributed by atoms with Crippen molar-refractivity contribution in [3.8, 4) is 5.75 Å². The summed E-state index contributed by atoms with van der Waals surface area (Å²) in [5, 5.41) is 60.1. The van der Waals surface area contributed by atoms with Crippen LogP contribution in [0.2, 0.25) is 5.02 Å². The zero-order valence-corrected chi connectivity index (χ0v) is 44.4. The third-order valence-electron chi connectivity index (χ3n) is 11.6. The van der Waals surface area contributed by atoms with Crippen LogP contribution in [0.4, 0.5) is 26.7 Å². The summed E-state index contributed by atoms with van der Waals surface area (Å²) in [4.78, 5) is 50.1. The molecular formula is C51H64ClF5N6O18. The summed E-state index contributed by atoms with van der Waals surface area (Å²) < 4.78 is 122. The van der Waals surface area contributed by atoms with E-state index in [1.807, 2.05) is 0 Å². The SMILES string of the molecule is O=C(Cc1ccc(Cl)cc1)NC[C@@H](O)[C@@H](O)[C@@H]1O[C@@](OCc2ccccc2)(C(=O)O)C[C@H](O)[C@H]1NC(=O)NCCOCCOCCOCc1cn(CCOCCOCCOCCOCCC(=O)Oc2c(F)c(F)c(F)c(F)c2F)nn1. The number of nitrogens with one attached hydrogen (secondary N) is 3. The second-order valence-electron chi connectivity index (χ2n) is 17.6. The number of carbonyl (C=O) groups excluding carboxylic acids is 3. The fourth-order valence-corrected chi connectivity index (χ4v) is 7.51. The first-order chi connectivity index (χ1) is 39.0. The number of carbonyl (C=O) groups is 4. The number of aliphatic hydroxyl groups is 3. The van der Waals surface area contributed by atoms with Gasteiger partial charge in [0.05, 0.1) is 143 Å². The van der Waals surface area contributed by atoms with Crippen molar-refractivity contribution in [3.63, 3.8) is 0 Å². The molecule has 0 radical (unpaired) electrons. The van der Waals surface area contributed by atoms with E-state index >= 15 is 0 Å². The van der Waals surface area contributed by atoms with Gasteiger partial charge >= 0.3 is 18.0 Å². The number of benzene rings is 3. The van der Waals surface area contributed by atoms with Crippen LogP contribution in [-0.2, 0) is 83.2 Å². The van der Waals surface area contributed by atoms with Crippen molar-refractivity contribution >= 4 is 35.5 Å². The first-order valence-corrected chi connectivity index (χ1v) is 25.7. The Morgan fingerprint density at radius 3 is 1.90 bits per heavy atom. The number of nitrogens with zero attached hydrogens (tertiary/aromatic N) is 3. The zero-order valence-electron chi connectivity index (χ0n) is 43.6. The van der Waals surface area contributed by atoms with E-state index in [1.54, 1.807) is 65.5 Å². The molecule has 1 aromatic heterocycles. The Morgan fingerprint density at radius 1 is 0.716 bits per heavy atom. The van der Waals surface area contributed by atoms with Gasteiger partial charge < -0.3 is 83.7 Å². The molecule has 6 atom stereocenters. The standard InChI is InChI=1S/C51H64ClF5N6O18/c52-34-8-6-32(7-9-34)26-38(66)59-28-37(65)46(68)48-45(36(64)27-51(81-48,49(69)70)79-30-33-4-2-1-3-5-33)60-50(71)58-11-14-73-17-20-77-24-25-78-31-35-29-63(62-61-35)12-15-74-18-21-76-23-22-75-19-16-72-13-10-39(67)80-47-43(56)41(54)40(53)42(55)44(47)57/h1-9,29,36-37,45-46,48,64-65,68H,10-28,30-31H2,(H,59,66)(H,69,70)(H2,58,60,71)/t36-,37+,45+,46+,48+,51+/m0/s1. The Bertz CT molecular complexity index is 2540. The lowest BCUT2D eigenvalue weighted by Crippen LogP contribution is -2.68. The smallest absolute Gasteiger partial charge is 0.364 e. The molecule has 1 aliphatic rings. The van der Waals surface area contributed by atoms with Gasteiger partial charge in [0.2, 0.25) is 40.7 Å². The van der Waals surface area contributed by atoms with Crippen LogP contribution in [-0.4, -0.2) is 195 Å². The Kier molecular flexibility index (Phi) is 28.5. The van der Waals surface area contributed by atoms with Crippen molar-refractivity contribution in [2.75, 3.05) is 99.0 Å². The maximum Gasteiger partial charge on any atom is 0.364 e. The number of amides is 3. The monoisotopic (exact) mass is 1180 g/mol. The van der Waals surface area contributed by atoms with Gasteiger partial charge in [0.25, 0.3) is 5.79 Å². The number of carboxylic acid groups (broad SMARTS) is 1. The van der Waals surface area contributed by atoms with E-state index in [2.05, 4.69) is 31.0 Å². The highest BCUT2D eigenvalue weighted by Gasteiger charge is 2.56. The average Bonchev–Trinajstić information content (AvgIpc) is 3.92. The van der Waals surface area contributed by atoms with Crippen LogP contribution in [0.1, 0.15) is 29.7 Å².